The van der Waals surface area contributed by atoms with Crippen LogP contribution in [0, 0.1) is 0 Å². The molecule has 13 heavy (non-hydrogen) atoms. The van der Waals surface area contributed by atoms with Crippen molar-refractivity contribution in [2.75, 3.05) is 6.26 Å². The Morgan fingerprint density at radius 2 is 2.38 bits per heavy atom. The Morgan fingerprint density at radius 3 is 3.08 bits per heavy atom. The summed E-state index contributed by atoms with van der Waals surface area (Å²) in [5.74, 6) is 0. The van der Waals surface area contributed by atoms with E-state index >= 15 is 0 Å². The van der Waals surface area contributed by atoms with Gasteiger partial charge in [0.1, 0.15) is 21.7 Å². The number of thioether (sulfide) groups is 1. The lowest BCUT2D eigenvalue weighted by atomic mass is 10.6. The molecule has 0 atom stereocenters. The summed E-state index contributed by atoms with van der Waals surface area (Å²) in [4.78, 5) is 23.4. The van der Waals surface area contributed by atoms with Gasteiger partial charge in [-0.3, -0.25) is 4.79 Å². The third-order valence-corrected chi connectivity index (χ3v) is 3.05. The predicted octanol–water partition coefficient (Wildman–Crippen LogP) is 1.62. The molecule has 2 aromatic rings. The summed E-state index contributed by atoms with van der Waals surface area (Å²) in [7, 11) is 0. The van der Waals surface area contributed by atoms with Crippen molar-refractivity contribution < 1.29 is 4.79 Å². The summed E-state index contributed by atoms with van der Waals surface area (Å²) in [5.41, 5.74) is 0.724. The number of hydrogen-bond acceptors (Lipinski definition) is 6. The van der Waals surface area contributed by atoms with Crippen molar-refractivity contribution in [1.29, 1.82) is 0 Å². The molecule has 0 saturated heterocycles. The standard InChI is InChI=1S/C7H5N3OS2/c1-12-6-5-7(9-3-8-6)13-4(2-11)10-5/h2-3H,1H3. The zero-order valence-corrected chi connectivity index (χ0v) is 8.35. The van der Waals surface area contributed by atoms with Crippen molar-refractivity contribution in [3.05, 3.63) is 11.3 Å². The lowest BCUT2D eigenvalue weighted by molar-refractivity contribution is 0.112. The number of hydrogen-bond donors (Lipinski definition) is 0. The van der Waals surface area contributed by atoms with Gasteiger partial charge in [-0.1, -0.05) is 11.3 Å². The van der Waals surface area contributed by atoms with Crippen molar-refractivity contribution in [1.82, 2.24) is 15.0 Å². The van der Waals surface area contributed by atoms with E-state index in [9.17, 15) is 4.79 Å². The Morgan fingerprint density at radius 1 is 1.54 bits per heavy atom. The molecule has 0 aromatic carbocycles. The van der Waals surface area contributed by atoms with Crippen LogP contribution in [0.15, 0.2) is 11.4 Å². The van der Waals surface area contributed by atoms with Crippen LogP contribution in [0.2, 0.25) is 0 Å². The number of nitrogens with zero attached hydrogens (tertiary/aromatic N) is 3. The maximum absolute atomic E-state index is 10.5. The van der Waals surface area contributed by atoms with E-state index in [1.807, 2.05) is 6.26 Å². The molecule has 0 aliphatic heterocycles. The Balaban J connectivity index is 2.74. The van der Waals surface area contributed by atoms with Crippen molar-refractivity contribution in [2.45, 2.75) is 5.03 Å². The van der Waals surface area contributed by atoms with Crippen LogP contribution in [-0.2, 0) is 0 Å². The fourth-order valence-electron chi connectivity index (χ4n) is 0.950. The van der Waals surface area contributed by atoms with Crippen LogP contribution in [0.4, 0.5) is 0 Å². The van der Waals surface area contributed by atoms with E-state index in [0.717, 1.165) is 21.7 Å². The van der Waals surface area contributed by atoms with Gasteiger partial charge in [0.05, 0.1) is 0 Å². The van der Waals surface area contributed by atoms with Gasteiger partial charge < -0.3 is 0 Å². The number of thiazole rings is 1. The van der Waals surface area contributed by atoms with Gasteiger partial charge in [0, 0.05) is 0 Å². The summed E-state index contributed by atoms with van der Waals surface area (Å²) in [6, 6.07) is 0. The average molecular weight is 211 g/mol. The van der Waals surface area contributed by atoms with Crippen LogP contribution < -0.4 is 0 Å². The van der Waals surface area contributed by atoms with E-state index in [1.165, 1.54) is 29.4 Å². The molecule has 0 fully saturated rings. The highest BCUT2D eigenvalue weighted by molar-refractivity contribution is 7.98. The molecule has 0 aliphatic carbocycles. The highest BCUT2D eigenvalue weighted by atomic mass is 32.2. The lowest BCUT2D eigenvalue weighted by Crippen LogP contribution is -1.83. The Kier molecular flexibility index (Phi) is 2.24. The molecule has 2 rings (SSSR count). The molecule has 0 spiro atoms. The summed E-state index contributed by atoms with van der Waals surface area (Å²) >= 11 is 2.78. The molecule has 66 valence electrons. The van der Waals surface area contributed by atoms with Crippen LogP contribution >= 0.6 is 23.1 Å². The third-order valence-electron chi connectivity index (χ3n) is 1.47. The number of carbonyl (C=O) groups is 1. The molecule has 0 bridgehead atoms. The van der Waals surface area contributed by atoms with E-state index in [-0.39, 0.29) is 0 Å². The molecule has 0 aliphatic rings. The zero-order valence-electron chi connectivity index (χ0n) is 6.72. The van der Waals surface area contributed by atoms with E-state index in [0.29, 0.717) is 5.01 Å². The maximum Gasteiger partial charge on any atom is 0.178 e. The van der Waals surface area contributed by atoms with Crippen LogP contribution in [-0.4, -0.2) is 27.5 Å². The second-order valence-corrected chi connectivity index (χ2v) is 4.01. The number of fused-ring (bicyclic) bond motifs is 1. The first-order valence-corrected chi connectivity index (χ1v) is 5.50. The van der Waals surface area contributed by atoms with Crippen molar-refractivity contribution in [3.8, 4) is 0 Å². The van der Waals surface area contributed by atoms with E-state index < -0.39 is 0 Å². The fourth-order valence-corrected chi connectivity index (χ4v) is 2.22. The minimum absolute atomic E-state index is 0.450. The van der Waals surface area contributed by atoms with Gasteiger partial charge in [0.2, 0.25) is 0 Å². The zero-order chi connectivity index (χ0) is 9.26. The molecule has 2 heterocycles. The molecule has 4 nitrogen and oxygen atoms in total. The van der Waals surface area contributed by atoms with Gasteiger partial charge in [0.15, 0.2) is 11.3 Å². The second kappa shape index (κ2) is 3.39. The average Bonchev–Trinajstić information content (AvgIpc) is 2.59. The van der Waals surface area contributed by atoms with Crippen molar-refractivity contribution in [3.63, 3.8) is 0 Å². The molecular formula is C7H5N3OS2. The SMILES string of the molecule is CSc1ncnc2sc(C=O)nc12. The summed E-state index contributed by atoms with van der Waals surface area (Å²) in [5, 5.41) is 1.26. The van der Waals surface area contributed by atoms with E-state index in [4.69, 9.17) is 0 Å². The van der Waals surface area contributed by atoms with Gasteiger partial charge in [-0.25, -0.2) is 15.0 Å². The lowest BCUT2D eigenvalue weighted by Gasteiger charge is -1.92. The normalized spacial score (nSPS) is 10.5. The Hall–Kier alpha value is -1.01. The minimum Gasteiger partial charge on any atom is -0.295 e. The second-order valence-electron chi connectivity index (χ2n) is 2.21. The van der Waals surface area contributed by atoms with E-state index in [1.54, 1.807) is 0 Å². The van der Waals surface area contributed by atoms with Crippen LogP contribution in [0.1, 0.15) is 9.80 Å². The molecule has 6 heteroatoms. The highest BCUT2D eigenvalue weighted by Gasteiger charge is 2.08. The van der Waals surface area contributed by atoms with Gasteiger partial charge in [-0.2, -0.15) is 0 Å². The Bertz CT molecular complexity index is 454. The number of aldehydes is 1. The fraction of sp³-hybridized carbons (Fsp3) is 0.143. The molecule has 0 unspecified atom stereocenters. The molecule has 0 radical (unpaired) electrons. The first-order valence-electron chi connectivity index (χ1n) is 3.46. The summed E-state index contributed by atoms with van der Waals surface area (Å²) in [6.07, 6.45) is 4.14. The van der Waals surface area contributed by atoms with Gasteiger partial charge in [-0.15, -0.1) is 11.8 Å². The molecule has 0 N–H and O–H groups in total. The van der Waals surface area contributed by atoms with Crippen LogP contribution in [0.5, 0.6) is 0 Å². The highest BCUT2D eigenvalue weighted by Crippen LogP contribution is 2.25. The smallest absolute Gasteiger partial charge is 0.178 e. The first kappa shape index (κ1) is 8.58. The van der Waals surface area contributed by atoms with Crippen LogP contribution in [0.3, 0.4) is 0 Å². The van der Waals surface area contributed by atoms with Gasteiger partial charge in [-0.05, 0) is 6.26 Å². The maximum atomic E-state index is 10.5. The molecule has 2 aromatic heterocycles. The molecule has 0 saturated carbocycles. The molecule has 0 amide bonds. The monoisotopic (exact) mass is 211 g/mol. The predicted molar refractivity (Wildman–Crippen MR) is 52.4 cm³/mol. The van der Waals surface area contributed by atoms with Crippen LogP contribution in [0.25, 0.3) is 10.3 Å². The summed E-state index contributed by atoms with van der Waals surface area (Å²) < 4.78 is 0. The summed E-state index contributed by atoms with van der Waals surface area (Å²) in [6.45, 7) is 0. The number of carbonyl (C=O) groups excluding carboxylic acids is 1. The van der Waals surface area contributed by atoms with E-state index in [2.05, 4.69) is 15.0 Å². The van der Waals surface area contributed by atoms with Crippen molar-refractivity contribution >= 4 is 39.7 Å². The third kappa shape index (κ3) is 1.42. The quantitative estimate of drug-likeness (QED) is 0.429. The minimum atomic E-state index is 0.450. The van der Waals surface area contributed by atoms with Gasteiger partial charge >= 0.3 is 0 Å². The first-order chi connectivity index (χ1) is 6.35. The topological polar surface area (TPSA) is 55.7 Å². The van der Waals surface area contributed by atoms with Crippen molar-refractivity contribution in [2.24, 2.45) is 0 Å². The Labute approximate surface area is 82.4 Å². The largest absolute Gasteiger partial charge is 0.295 e. The molecular weight excluding hydrogens is 206 g/mol. The van der Waals surface area contributed by atoms with Gasteiger partial charge in [0.25, 0.3) is 0 Å². The number of aromatic nitrogens is 3. The number of rotatable bonds is 2.